The summed E-state index contributed by atoms with van der Waals surface area (Å²) in [6, 6.07) is 10.8. The van der Waals surface area contributed by atoms with Gasteiger partial charge in [0.2, 0.25) is 0 Å². The van der Waals surface area contributed by atoms with Crippen LogP contribution >= 0.6 is 0 Å². The third-order valence-corrected chi connectivity index (χ3v) is 5.59. The number of carbonyl (C=O) groups is 1. The Morgan fingerprint density at radius 3 is 2.82 bits per heavy atom. The summed E-state index contributed by atoms with van der Waals surface area (Å²) in [6.45, 7) is 7.80. The van der Waals surface area contributed by atoms with Gasteiger partial charge in [-0.1, -0.05) is 36.4 Å². The van der Waals surface area contributed by atoms with Gasteiger partial charge in [0.25, 0.3) is 5.91 Å². The van der Waals surface area contributed by atoms with Crippen molar-refractivity contribution in [3.05, 3.63) is 65.5 Å². The van der Waals surface area contributed by atoms with Crippen LogP contribution in [0.2, 0.25) is 0 Å². The molecule has 1 aromatic heterocycles. The minimum Gasteiger partial charge on any atom is -0.378 e. The van der Waals surface area contributed by atoms with Crippen molar-refractivity contribution < 1.29 is 9.53 Å². The summed E-state index contributed by atoms with van der Waals surface area (Å²) in [5.74, 6) is 0.0334. The lowest BCUT2D eigenvalue weighted by molar-refractivity contribution is 0.0297. The SMILES string of the molecule is C=CCn1nc(C(=O)N2CCOCC2)c2c1CC[C@H](NCc1ccccc1)C2. The summed E-state index contributed by atoms with van der Waals surface area (Å²) >= 11 is 0. The fourth-order valence-corrected chi connectivity index (χ4v) is 4.08. The zero-order chi connectivity index (χ0) is 19.3. The highest BCUT2D eigenvalue weighted by atomic mass is 16.5. The lowest BCUT2D eigenvalue weighted by Crippen LogP contribution is -2.41. The molecule has 0 spiro atoms. The Hall–Kier alpha value is -2.44. The molecule has 0 unspecified atom stereocenters. The van der Waals surface area contributed by atoms with Crippen molar-refractivity contribution in [1.82, 2.24) is 20.0 Å². The van der Waals surface area contributed by atoms with E-state index in [2.05, 4.69) is 36.2 Å². The van der Waals surface area contributed by atoms with Crippen molar-refractivity contribution >= 4 is 5.91 Å². The van der Waals surface area contributed by atoms with E-state index in [1.54, 1.807) is 0 Å². The molecule has 6 nitrogen and oxygen atoms in total. The van der Waals surface area contributed by atoms with E-state index in [0.29, 0.717) is 44.6 Å². The van der Waals surface area contributed by atoms with Crippen LogP contribution in [0.3, 0.4) is 0 Å². The van der Waals surface area contributed by atoms with Gasteiger partial charge >= 0.3 is 0 Å². The number of allylic oxidation sites excluding steroid dienone is 1. The van der Waals surface area contributed by atoms with E-state index in [0.717, 1.165) is 31.4 Å². The molecule has 1 N–H and O–H groups in total. The van der Waals surface area contributed by atoms with Gasteiger partial charge in [-0.15, -0.1) is 6.58 Å². The standard InChI is InChI=1S/C22H28N4O2/c1-2-10-26-20-9-8-18(23-16-17-6-4-3-5-7-17)15-19(20)21(24-26)22(27)25-11-13-28-14-12-25/h2-7,18,23H,1,8-16H2/t18-/m0/s1. The fraction of sp³-hybridized carbons (Fsp3) is 0.455. The molecule has 1 amide bonds. The second-order valence-electron chi connectivity index (χ2n) is 7.46. The third-order valence-electron chi connectivity index (χ3n) is 5.59. The molecule has 2 heterocycles. The number of carbonyl (C=O) groups excluding carboxylic acids is 1. The highest BCUT2D eigenvalue weighted by Crippen LogP contribution is 2.26. The molecule has 1 fully saturated rings. The number of ether oxygens (including phenoxy) is 1. The fourth-order valence-electron chi connectivity index (χ4n) is 4.08. The first kappa shape index (κ1) is 18.9. The molecule has 0 saturated carbocycles. The molecule has 1 aliphatic heterocycles. The number of nitrogens with zero attached hydrogens (tertiary/aromatic N) is 3. The minimum atomic E-state index is 0.0334. The van der Waals surface area contributed by atoms with Crippen LogP contribution in [0.4, 0.5) is 0 Å². The van der Waals surface area contributed by atoms with Gasteiger partial charge in [0.1, 0.15) is 0 Å². The van der Waals surface area contributed by atoms with E-state index in [4.69, 9.17) is 9.84 Å². The second kappa shape index (κ2) is 8.71. The molecule has 0 radical (unpaired) electrons. The lowest BCUT2D eigenvalue weighted by Gasteiger charge is -2.28. The maximum Gasteiger partial charge on any atom is 0.274 e. The van der Waals surface area contributed by atoms with Crippen LogP contribution in [0.1, 0.15) is 33.7 Å². The average Bonchev–Trinajstić information content (AvgIpc) is 3.11. The van der Waals surface area contributed by atoms with Crippen LogP contribution in [-0.4, -0.2) is 52.9 Å². The number of amides is 1. The zero-order valence-electron chi connectivity index (χ0n) is 16.3. The van der Waals surface area contributed by atoms with Crippen LogP contribution in [-0.2, 0) is 30.7 Å². The number of rotatable bonds is 6. The highest BCUT2D eigenvalue weighted by Gasteiger charge is 2.31. The molecule has 6 heteroatoms. The monoisotopic (exact) mass is 380 g/mol. The van der Waals surface area contributed by atoms with Gasteiger partial charge < -0.3 is 15.0 Å². The van der Waals surface area contributed by atoms with Gasteiger partial charge in [-0.3, -0.25) is 9.48 Å². The molecule has 148 valence electrons. The molecule has 2 aromatic rings. The first-order chi connectivity index (χ1) is 13.8. The molecular formula is C22H28N4O2. The number of morpholine rings is 1. The number of aromatic nitrogens is 2. The van der Waals surface area contributed by atoms with Crippen LogP contribution in [0.25, 0.3) is 0 Å². The topological polar surface area (TPSA) is 59.4 Å². The van der Waals surface area contributed by atoms with Crippen LogP contribution in [0.5, 0.6) is 0 Å². The number of fused-ring (bicyclic) bond motifs is 1. The quantitative estimate of drug-likeness (QED) is 0.781. The maximum absolute atomic E-state index is 13.1. The molecule has 1 atom stereocenters. The Balaban J connectivity index is 1.52. The van der Waals surface area contributed by atoms with Gasteiger partial charge in [0.15, 0.2) is 5.69 Å². The van der Waals surface area contributed by atoms with Crippen LogP contribution < -0.4 is 5.32 Å². The highest BCUT2D eigenvalue weighted by molar-refractivity contribution is 5.94. The summed E-state index contributed by atoms with van der Waals surface area (Å²) < 4.78 is 7.35. The molecule has 28 heavy (non-hydrogen) atoms. The summed E-state index contributed by atoms with van der Waals surface area (Å²) in [7, 11) is 0. The van der Waals surface area contributed by atoms with E-state index >= 15 is 0 Å². The number of hydrogen-bond donors (Lipinski definition) is 1. The Labute approximate surface area is 166 Å². The van der Waals surface area contributed by atoms with E-state index in [9.17, 15) is 4.79 Å². The first-order valence-electron chi connectivity index (χ1n) is 10.1. The van der Waals surface area contributed by atoms with Crippen molar-refractivity contribution in [2.45, 2.75) is 38.4 Å². The van der Waals surface area contributed by atoms with Gasteiger partial charge in [-0.2, -0.15) is 5.10 Å². The molecule has 4 rings (SSSR count). The summed E-state index contributed by atoms with van der Waals surface area (Å²) in [5, 5.41) is 8.36. The molecule has 1 saturated heterocycles. The minimum absolute atomic E-state index is 0.0334. The average molecular weight is 380 g/mol. The van der Waals surface area contributed by atoms with E-state index in [1.807, 2.05) is 21.7 Å². The Bertz CT molecular complexity index is 825. The smallest absolute Gasteiger partial charge is 0.274 e. The summed E-state index contributed by atoms with van der Waals surface area (Å²) in [4.78, 5) is 15.0. The normalized spacial score (nSPS) is 19.3. The summed E-state index contributed by atoms with van der Waals surface area (Å²) in [6.07, 6.45) is 4.66. The predicted molar refractivity (Wildman–Crippen MR) is 108 cm³/mol. The van der Waals surface area contributed by atoms with Crippen molar-refractivity contribution in [1.29, 1.82) is 0 Å². The van der Waals surface area contributed by atoms with Crippen molar-refractivity contribution in [3.8, 4) is 0 Å². The number of benzene rings is 1. The van der Waals surface area contributed by atoms with E-state index in [1.165, 1.54) is 11.3 Å². The largest absolute Gasteiger partial charge is 0.378 e. The lowest BCUT2D eigenvalue weighted by atomic mass is 9.91. The second-order valence-corrected chi connectivity index (χ2v) is 7.46. The van der Waals surface area contributed by atoms with Crippen molar-refractivity contribution in [2.75, 3.05) is 26.3 Å². The molecule has 2 aliphatic rings. The Morgan fingerprint density at radius 1 is 1.29 bits per heavy atom. The number of nitrogens with one attached hydrogen (secondary N) is 1. The Morgan fingerprint density at radius 2 is 2.07 bits per heavy atom. The van der Waals surface area contributed by atoms with Gasteiger partial charge in [0, 0.05) is 36.9 Å². The Kier molecular flexibility index (Phi) is 5.88. The first-order valence-corrected chi connectivity index (χ1v) is 10.1. The molecule has 1 aliphatic carbocycles. The summed E-state index contributed by atoms with van der Waals surface area (Å²) in [5.41, 5.74) is 4.19. The predicted octanol–water partition coefficient (Wildman–Crippen LogP) is 2.19. The van der Waals surface area contributed by atoms with Crippen LogP contribution in [0.15, 0.2) is 43.0 Å². The van der Waals surface area contributed by atoms with E-state index in [-0.39, 0.29) is 5.91 Å². The zero-order valence-corrected chi connectivity index (χ0v) is 16.3. The van der Waals surface area contributed by atoms with Crippen molar-refractivity contribution in [2.24, 2.45) is 0 Å². The van der Waals surface area contributed by atoms with Gasteiger partial charge in [-0.05, 0) is 24.8 Å². The van der Waals surface area contributed by atoms with Gasteiger partial charge in [0.05, 0.1) is 19.8 Å². The maximum atomic E-state index is 13.1. The number of hydrogen-bond acceptors (Lipinski definition) is 4. The van der Waals surface area contributed by atoms with Gasteiger partial charge in [-0.25, -0.2) is 0 Å². The third kappa shape index (κ3) is 4.03. The molecular weight excluding hydrogens is 352 g/mol. The van der Waals surface area contributed by atoms with Crippen molar-refractivity contribution in [3.63, 3.8) is 0 Å². The van der Waals surface area contributed by atoms with Crippen LogP contribution in [0, 0.1) is 0 Å². The molecule has 0 bridgehead atoms. The molecule has 1 aromatic carbocycles. The van der Waals surface area contributed by atoms with E-state index < -0.39 is 0 Å².